The van der Waals surface area contributed by atoms with Gasteiger partial charge in [-0.3, -0.25) is 0 Å². The Hall–Kier alpha value is -1.43. The highest BCUT2D eigenvalue weighted by molar-refractivity contribution is 5.86. The molecular formula is C10H16N4O2. The zero-order valence-electron chi connectivity index (χ0n) is 9.51. The Morgan fingerprint density at radius 3 is 3.12 bits per heavy atom. The van der Waals surface area contributed by atoms with Gasteiger partial charge < -0.3 is 10.1 Å². The predicted octanol–water partition coefficient (Wildman–Crippen LogP) is 0.235. The molecule has 1 fully saturated rings. The fourth-order valence-electron chi connectivity index (χ4n) is 1.89. The van der Waals surface area contributed by atoms with Gasteiger partial charge in [0.15, 0.2) is 5.69 Å². The Bertz CT molecular complexity index is 377. The third-order valence-electron chi connectivity index (χ3n) is 2.81. The molecule has 0 bridgehead atoms. The van der Waals surface area contributed by atoms with Crippen LogP contribution in [0.2, 0.25) is 0 Å². The number of aromatic nitrogens is 3. The van der Waals surface area contributed by atoms with Crippen molar-refractivity contribution in [1.29, 1.82) is 0 Å². The summed E-state index contributed by atoms with van der Waals surface area (Å²) in [5, 5.41) is 11.1. The molecule has 2 rings (SSSR count). The number of ether oxygens (including phenoxy) is 1. The maximum Gasteiger partial charge on any atom is 0.360 e. The van der Waals surface area contributed by atoms with E-state index in [9.17, 15) is 4.79 Å². The molecule has 1 aliphatic rings. The molecule has 1 N–H and O–H groups in total. The third kappa shape index (κ3) is 2.06. The third-order valence-corrected chi connectivity index (χ3v) is 2.81. The van der Waals surface area contributed by atoms with Crippen LogP contribution >= 0.6 is 0 Å². The number of nitrogens with one attached hydrogen (secondary N) is 1. The average molecular weight is 224 g/mol. The average Bonchev–Trinajstić information content (AvgIpc) is 2.86. The topological polar surface area (TPSA) is 69.0 Å². The van der Waals surface area contributed by atoms with E-state index in [1.807, 2.05) is 0 Å². The van der Waals surface area contributed by atoms with Crippen molar-refractivity contribution >= 4 is 5.97 Å². The molecule has 0 unspecified atom stereocenters. The molecule has 0 aromatic carbocycles. The lowest BCUT2D eigenvalue weighted by atomic mass is 10.1. The van der Waals surface area contributed by atoms with Crippen LogP contribution in [0.5, 0.6) is 0 Å². The predicted molar refractivity (Wildman–Crippen MR) is 57.0 cm³/mol. The zero-order chi connectivity index (χ0) is 11.5. The number of hydrogen-bond acceptors (Lipinski definition) is 5. The monoisotopic (exact) mass is 224 g/mol. The summed E-state index contributed by atoms with van der Waals surface area (Å²) in [5.41, 5.74) is 0.279. The van der Waals surface area contributed by atoms with Crippen molar-refractivity contribution in [3.8, 4) is 0 Å². The second kappa shape index (κ2) is 4.61. The van der Waals surface area contributed by atoms with E-state index in [0.29, 0.717) is 12.5 Å². The van der Waals surface area contributed by atoms with Gasteiger partial charge in [0, 0.05) is 6.54 Å². The summed E-state index contributed by atoms with van der Waals surface area (Å²) in [6.45, 7) is 6.11. The minimum Gasteiger partial charge on any atom is -0.461 e. The molecule has 0 saturated carbocycles. The van der Waals surface area contributed by atoms with E-state index in [2.05, 4.69) is 22.6 Å². The van der Waals surface area contributed by atoms with E-state index in [4.69, 9.17) is 4.74 Å². The van der Waals surface area contributed by atoms with Crippen LogP contribution in [0.15, 0.2) is 6.20 Å². The van der Waals surface area contributed by atoms with E-state index in [1.54, 1.807) is 17.8 Å². The summed E-state index contributed by atoms with van der Waals surface area (Å²) >= 11 is 0. The number of nitrogens with zero attached hydrogens (tertiary/aromatic N) is 3. The van der Waals surface area contributed by atoms with E-state index >= 15 is 0 Å². The van der Waals surface area contributed by atoms with Crippen LogP contribution in [-0.4, -0.2) is 40.7 Å². The fourth-order valence-corrected chi connectivity index (χ4v) is 1.89. The van der Waals surface area contributed by atoms with Crippen LogP contribution < -0.4 is 5.32 Å². The lowest BCUT2D eigenvalue weighted by Crippen LogP contribution is -2.16. The largest absolute Gasteiger partial charge is 0.461 e. The molecule has 2 atom stereocenters. The molecule has 0 aliphatic carbocycles. The molecule has 1 aromatic rings. The van der Waals surface area contributed by atoms with Gasteiger partial charge in [-0.2, -0.15) is 0 Å². The zero-order valence-corrected chi connectivity index (χ0v) is 9.51. The first-order valence-electron chi connectivity index (χ1n) is 5.52. The van der Waals surface area contributed by atoms with Gasteiger partial charge >= 0.3 is 5.97 Å². The minimum atomic E-state index is -0.410. The normalized spacial score (nSPS) is 24.6. The van der Waals surface area contributed by atoms with Crippen molar-refractivity contribution in [1.82, 2.24) is 20.3 Å². The first-order valence-corrected chi connectivity index (χ1v) is 5.52. The van der Waals surface area contributed by atoms with E-state index in [-0.39, 0.29) is 11.7 Å². The summed E-state index contributed by atoms with van der Waals surface area (Å²) in [6, 6.07) is 0.274. The molecule has 6 nitrogen and oxygen atoms in total. The molecule has 1 saturated heterocycles. The van der Waals surface area contributed by atoms with Gasteiger partial charge in [-0.1, -0.05) is 12.1 Å². The van der Waals surface area contributed by atoms with Crippen LogP contribution in [0, 0.1) is 5.92 Å². The number of hydrogen-bond donors (Lipinski definition) is 1. The molecule has 6 heteroatoms. The summed E-state index contributed by atoms with van der Waals surface area (Å²) in [5.74, 6) is 0.0871. The van der Waals surface area contributed by atoms with Crippen LogP contribution in [0.25, 0.3) is 0 Å². The SMILES string of the molecule is CCOC(=O)c1cn([C@@H]2CNC[C@H]2C)nn1. The summed E-state index contributed by atoms with van der Waals surface area (Å²) < 4.78 is 6.61. The van der Waals surface area contributed by atoms with Gasteiger partial charge in [0.05, 0.1) is 18.8 Å². The van der Waals surface area contributed by atoms with Crippen LogP contribution in [0.1, 0.15) is 30.4 Å². The van der Waals surface area contributed by atoms with Crippen LogP contribution in [0.4, 0.5) is 0 Å². The van der Waals surface area contributed by atoms with Gasteiger partial charge in [-0.25, -0.2) is 9.48 Å². The van der Waals surface area contributed by atoms with Crippen molar-refractivity contribution < 1.29 is 9.53 Å². The molecule has 2 heterocycles. The Labute approximate surface area is 94.0 Å². The fraction of sp³-hybridized carbons (Fsp3) is 0.700. The van der Waals surface area contributed by atoms with Crippen molar-refractivity contribution in [3.63, 3.8) is 0 Å². The molecule has 1 aromatic heterocycles. The Morgan fingerprint density at radius 1 is 1.69 bits per heavy atom. The van der Waals surface area contributed by atoms with Gasteiger partial charge in [-0.05, 0) is 19.4 Å². The van der Waals surface area contributed by atoms with Crippen LogP contribution in [-0.2, 0) is 4.74 Å². The van der Waals surface area contributed by atoms with Crippen molar-refractivity contribution in [3.05, 3.63) is 11.9 Å². The lowest BCUT2D eigenvalue weighted by Gasteiger charge is -2.12. The maximum atomic E-state index is 11.4. The van der Waals surface area contributed by atoms with Crippen molar-refractivity contribution in [2.75, 3.05) is 19.7 Å². The van der Waals surface area contributed by atoms with E-state index in [1.165, 1.54) is 0 Å². The summed E-state index contributed by atoms with van der Waals surface area (Å²) in [4.78, 5) is 11.4. The van der Waals surface area contributed by atoms with E-state index in [0.717, 1.165) is 13.1 Å². The Morgan fingerprint density at radius 2 is 2.50 bits per heavy atom. The Balaban J connectivity index is 2.10. The standard InChI is InChI=1S/C10H16N4O2/c1-3-16-10(15)8-6-14(13-12-8)9-5-11-4-7(9)2/h6-7,9,11H,3-5H2,1-2H3/t7-,9-/m1/s1. The number of rotatable bonds is 3. The smallest absolute Gasteiger partial charge is 0.360 e. The minimum absolute atomic E-state index is 0.274. The molecule has 0 radical (unpaired) electrons. The van der Waals surface area contributed by atoms with Gasteiger partial charge in [0.1, 0.15) is 0 Å². The van der Waals surface area contributed by atoms with Gasteiger partial charge in [0.2, 0.25) is 0 Å². The summed E-state index contributed by atoms with van der Waals surface area (Å²) in [7, 11) is 0. The quantitative estimate of drug-likeness (QED) is 0.745. The first kappa shape index (κ1) is 11.1. The second-order valence-corrected chi connectivity index (χ2v) is 4.01. The highest BCUT2D eigenvalue weighted by Gasteiger charge is 2.26. The van der Waals surface area contributed by atoms with Crippen molar-refractivity contribution in [2.24, 2.45) is 5.92 Å². The Kier molecular flexibility index (Phi) is 3.19. The maximum absolute atomic E-state index is 11.4. The molecular weight excluding hydrogens is 208 g/mol. The highest BCUT2D eigenvalue weighted by atomic mass is 16.5. The molecule has 0 spiro atoms. The molecule has 88 valence electrons. The summed E-state index contributed by atoms with van der Waals surface area (Å²) in [6.07, 6.45) is 1.66. The number of carbonyl (C=O) groups excluding carboxylic acids is 1. The number of esters is 1. The highest BCUT2D eigenvalue weighted by Crippen LogP contribution is 2.20. The van der Waals surface area contributed by atoms with Gasteiger partial charge in [0.25, 0.3) is 0 Å². The number of carbonyl (C=O) groups is 1. The van der Waals surface area contributed by atoms with Gasteiger partial charge in [-0.15, -0.1) is 5.10 Å². The molecule has 1 aliphatic heterocycles. The second-order valence-electron chi connectivity index (χ2n) is 4.01. The molecule has 0 amide bonds. The van der Waals surface area contributed by atoms with E-state index < -0.39 is 5.97 Å². The lowest BCUT2D eigenvalue weighted by molar-refractivity contribution is 0.0519. The molecule has 16 heavy (non-hydrogen) atoms. The van der Waals surface area contributed by atoms with Crippen LogP contribution in [0.3, 0.4) is 0 Å². The first-order chi connectivity index (χ1) is 7.72. The van der Waals surface area contributed by atoms with Crippen molar-refractivity contribution in [2.45, 2.75) is 19.9 Å².